The number of carboxylic acid groups (broad SMARTS) is 1. The molecule has 0 saturated heterocycles. The zero-order valence-electron chi connectivity index (χ0n) is 14.2. The fourth-order valence-corrected chi connectivity index (χ4v) is 1.93. The number of carboxylic acids is 1. The van der Waals surface area contributed by atoms with Gasteiger partial charge in [-0.05, 0) is 24.3 Å². The van der Waals surface area contributed by atoms with Gasteiger partial charge in [0.1, 0.15) is 12.4 Å². The average Bonchev–Trinajstić information content (AvgIpc) is 2.59. The number of hydrogen-bond acceptors (Lipinski definition) is 6. The molecule has 1 aromatic rings. The predicted molar refractivity (Wildman–Crippen MR) is 95.2 cm³/mol. The Labute approximate surface area is 156 Å². The Morgan fingerprint density at radius 3 is 1.68 bits per heavy atom. The Morgan fingerprint density at radius 2 is 1.20 bits per heavy atom. The van der Waals surface area contributed by atoms with E-state index in [0.29, 0.717) is 52.9 Å². The van der Waals surface area contributed by atoms with E-state index in [2.05, 4.69) is 15.9 Å². The Bertz CT molecular complexity index is 453. The van der Waals surface area contributed by atoms with Crippen LogP contribution in [0, 0.1) is 0 Å². The van der Waals surface area contributed by atoms with E-state index in [1.165, 1.54) is 0 Å². The molecule has 0 aromatic heterocycles. The van der Waals surface area contributed by atoms with Crippen molar-refractivity contribution in [3.63, 3.8) is 0 Å². The zero-order chi connectivity index (χ0) is 18.2. The van der Waals surface area contributed by atoms with E-state index in [1.807, 2.05) is 24.3 Å². The van der Waals surface area contributed by atoms with Crippen LogP contribution in [0.2, 0.25) is 0 Å². The van der Waals surface area contributed by atoms with E-state index >= 15 is 0 Å². The standard InChI is InChI=1S/C17H25BrO7/c18-15-1-3-16(4-2-15)25-14-13-24-12-11-23-10-9-22-8-7-21-6-5-17(19)20/h1-4H,5-14H2,(H,19,20). The lowest BCUT2D eigenvalue weighted by atomic mass is 10.3. The van der Waals surface area contributed by atoms with Gasteiger partial charge in [-0.25, -0.2) is 0 Å². The highest BCUT2D eigenvalue weighted by molar-refractivity contribution is 9.10. The van der Waals surface area contributed by atoms with Crippen LogP contribution in [0.4, 0.5) is 0 Å². The molecule has 1 aromatic carbocycles. The SMILES string of the molecule is O=C(O)CCOCCOCCOCCOCCOc1ccc(Br)cc1. The van der Waals surface area contributed by atoms with Crippen molar-refractivity contribution < 1.29 is 33.6 Å². The number of benzene rings is 1. The van der Waals surface area contributed by atoms with Crippen molar-refractivity contribution in [1.82, 2.24) is 0 Å². The first-order valence-corrected chi connectivity index (χ1v) is 8.89. The topological polar surface area (TPSA) is 83.5 Å². The van der Waals surface area contributed by atoms with Crippen LogP contribution in [-0.2, 0) is 23.7 Å². The van der Waals surface area contributed by atoms with Gasteiger partial charge in [0, 0.05) is 4.47 Å². The van der Waals surface area contributed by atoms with Gasteiger partial charge in [-0.15, -0.1) is 0 Å². The largest absolute Gasteiger partial charge is 0.491 e. The summed E-state index contributed by atoms with van der Waals surface area (Å²) in [6, 6.07) is 7.64. The summed E-state index contributed by atoms with van der Waals surface area (Å²) >= 11 is 3.37. The summed E-state index contributed by atoms with van der Waals surface area (Å²) in [5, 5.41) is 8.42. The van der Waals surface area contributed by atoms with E-state index < -0.39 is 5.97 Å². The monoisotopic (exact) mass is 420 g/mol. The lowest BCUT2D eigenvalue weighted by molar-refractivity contribution is -0.138. The van der Waals surface area contributed by atoms with Crippen LogP contribution < -0.4 is 4.74 Å². The van der Waals surface area contributed by atoms with Crippen molar-refractivity contribution in [1.29, 1.82) is 0 Å². The average molecular weight is 421 g/mol. The highest BCUT2D eigenvalue weighted by Gasteiger charge is 1.97. The molecule has 8 heteroatoms. The van der Waals surface area contributed by atoms with Gasteiger partial charge in [-0.3, -0.25) is 4.79 Å². The lowest BCUT2D eigenvalue weighted by Gasteiger charge is -2.08. The van der Waals surface area contributed by atoms with Crippen molar-refractivity contribution in [3.8, 4) is 5.75 Å². The maximum Gasteiger partial charge on any atom is 0.305 e. The quantitative estimate of drug-likeness (QED) is 0.411. The van der Waals surface area contributed by atoms with Crippen molar-refractivity contribution in [3.05, 3.63) is 28.7 Å². The van der Waals surface area contributed by atoms with Gasteiger partial charge >= 0.3 is 5.97 Å². The molecule has 0 bridgehead atoms. The molecule has 0 atom stereocenters. The summed E-state index contributed by atoms with van der Waals surface area (Å²) < 4.78 is 27.7. The molecule has 0 aliphatic carbocycles. The summed E-state index contributed by atoms with van der Waals surface area (Å²) in [6.07, 6.45) is 0.0112. The first-order valence-electron chi connectivity index (χ1n) is 8.09. The van der Waals surface area contributed by atoms with Gasteiger partial charge in [0.15, 0.2) is 0 Å². The molecule has 0 aliphatic rings. The second kappa shape index (κ2) is 15.1. The summed E-state index contributed by atoms with van der Waals surface area (Å²) in [5.74, 6) is -0.0523. The third-order valence-corrected chi connectivity index (χ3v) is 3.41. The minimum atomic E-state index is -0.864. The van der Waals surface area contributed by atoms with Gasteiger partial charge in [0.05, 0.1) is 59.3 Å². The van der Waals surface area contributed by atoms with Crippen LogP contribution in [0.25, 0.3) is 0 Å². The summed E-state index contributed by atoms with van der Waals surface area (Å²) in [4.78, 5) is 10.2. The van der Waals surface area contributed by atoms with Crippen molar-refractivity contribution in [2.75, 3.05) is 59.5 Å². The van der Waals surface area contributed by atoms with Crippen LogP contribution in [0.3, 0.4) is 0 Å². The molecule has 0 spiro atoms. The van der Waals surface area contributed by atoms with Crippen LogP contribution in [-0.4, -0.2) is 70.5 Å². The molecule has 25 heavy (non-hydrogen) atoms. The third kappa shape index (κ3) is 13.7. The molecule has 0 unspecified atom stereocenters. The highest BCUT2D eigenvalue weighted by Crippen LogP contribution is 2.15. The van der Waals surface area contributed by atoms with Crippen LogP contribution in [0.5, 0.6) is 5.75 Å². The molecule has 1 rings (SSSR count). The maximum atomic E-state index is 10.2. The summed E-state index contributed by atoms with van der Waals surface area (Å²) in [6.45, 7) is 3.96. The number of hydrogen-bond donors (Lipinski definition) is 1. The Balaban J connectivity index is 1.76. The summed E-state index contributed by atoms with van der Waals surface area (Å²) in [5.41, 5.74) is 0. The Kier molecular flexibility index (Phi) is 13.2. The molecule has 0 radical (unpaired) electrons. The van der Waals surface area contributed by atoms with Gasteiger partial charge in [-0.1, -0.05) is 15.9 Å². The molecule has 0 amide bonds. The van der Waals surface area contributed by atoms with Crippen LogP contribution in [0.1, 0.15) is 6.42 Å². The number of rotatable bonds is 16. The van der Waals surface area contributed by atoms with Gasteiger partial charge in [0.2, 0.25) is 0 Å². The molecular weight excluding hydrogens is 396 g/mol. The number of halogens is 1. The minimum Gasteiger partial charge on any atom is -0.491 e. The Morgan fingerprint density at radius 1 is 0.760 bits per heavy atom. The number of ether oxygens (including phenoxy) is 5. The second-order valence-corrected chi connectivity index (χ2v) is 5.81. The minimum absolute atomic E-state index is 0.0112. The van der Waals surface area contributed by atoms with E-state index in [4.69, 9.17) is 28.8 Å². The first-order chi connectivity index (χ1) is 12.2. The Hall–Kier alpha value is -1.19. The zero-order valence-corrected chi connectivity index (χ0v) is 15.7. The maximum absolute atomic E-state index is 10.2. The van der Waals surface area contributed by atoms with Gasteiger partial charge < -0.3 is 28.8 Å². The summed E-state index contributed by atoms with van der Waals surface area (Å²) in [7, 11) is 0. The van der Waals surface area contributed by atoms with E-state index in [0.717, 1.165) is 10.2 Å². The van der Waals surface area contributed by atoms with Crippen molar-refractivity contribution in [2.24, 2.45) is 0 Å². The van der Waals surface area contributed by atoms with Crippen LogP contribution >= 0.6 is 15.9 Å². The normalized spacial score (nSPS) is 10.8. The molecule has 0 saturated carbocycles. The predicted octanol–water partition coefficient (Wildman–Crippen LogP) is 2.37. The second-order valence-electron chi connectivity index (χ2n) is 4.90. The molecule has 0 heterocycles. The highest BCUT2D eigenvalue weighted by atomic mass is 79.9. The lowest BCUT2D eigenvalue weighted by Crippen LogP contribution is -2.14. The van der Waals surface area contributed by atoms with E-state index in [1.54, 1.807) is 0 Å². The molecule has 1 N–H and O–H groups in total. The van der Waals surface area contributed by atoms with Gasteiger partial charge in [0.25, 0.3) is 0 Å². The van der Waals surface area contributed by atoms with Gasteiger partial charge in [-0.2, -0.15) is 0 Å². The van der Waals surface area contributed by atoms with E-state index in [-0.39, 0.29) is 13.0 Å². The molecule has 0 fully saturated rings. The molecule has 0 aliphatic heterocycles. The first kappa shape index (κ1) is 21.9. The number of aliphatic carboxylic acids is 1. The van der Waals surface area contributed by atoms with E-state index in [9.17, 15) is 4.79 Å². The van der Waals surface area contributed by atoms with Crippen molar-refractivity contribution >= 4 is 21.9 Å². The third-order valence-electron chi connectivity index (χ3n) is 2.89. The van der Waals surface area contributed by atoms with Crippen molar-refractivity contribution in [2.45, 2.75) is 6.42 Å². The smallest absolute Gasteiger partial charge is 0.305 e. The fraction of sp³-hybridized carbons (Fsp3) is 0.588. The molecule has 142 valence electrons. The molecule has 7 nitrogen and oxygen atoms in total. The molecular formula is C17H25BrO7. The number of carbonyl (C=O) groups is 1. The van der Waals surface area contributed by atoms with Crippen LogP contribution in [0.15, 0.2) is 28.7 Å². The fourth-order valence-electron chi connectivity index (χ4n) is 1.67.